The van der Waals surface area contributed by atoms with Crippen LogP contribution in [0.1, 0.15) is 41.5 Å². The Morgan fingerprint density at radius 2 is 2.16 bits per heavy atom. The molecule has 0 saturated carbocycles. The van der Waals surface area contributed by atoms with E-state index in [1.807, 2.05) is 25.8 Å². The molecule has 0 spiro atoms. The Kier molecular flexibility index (Phi) is 3.94. The molecule has 1 aromatic heterocycles. The van der Waals surface area contributed by atoms with Crippen LogP contribution in [0.25, 0.3) is 0 Å². The third-order valence-electron chi connectivity index (χ3n) is 4.23. The van der Waals surface area contributed by atoms with Crippen LogP contribution in [0.4, 0.5) is 0 Å². The Labute approximate surface area is 114 Å². The number of hydrogen-bond acceptors (Lipinski definition) is 3. The highest BCUT2D eigenvalue weighted by molar-refractivity contribution is 5.96. The lowest BCUT2D eigenvalue weighted by Crippen LogP contribution is -2.49. The zero-order valence-corrected chi connectivity index (χ0v) is 12.3. The Bertz CT molecular complexity index is 480. The van der Waals surface area contributed by atoms with Gasteiger partial charge in [0.2, 0.25) is 0 Å². The molecule has 2 N–H and O–H groups in total. The molecule has 1 aliphatic rings. The van der Waals surface area contributed by atoms with Crippen LogP contribution in [0, 0.1) is 19.8 Å². The van der Waals surface area contributed by atoms with Crippen molar-refractivity contribution < 1.29 is 4.79 Å². The molecule has 0 aromatic carbocycles. The van der Waals surface area contributed by atoms with Crippen molar-refractivity contribution in [3.8, 4) is 0 Å². The first kappa shape index (κ1) is 14.1. The summed E-state index contributed by atoms with van der Waals surface area (Å²) in [6, 6.07) is 0.162. The number of piperidine rings is 1. The van der Waals surface area contributed by atoms with Gasteiger partial charge in [-0.1, -0.05) is 6.92 Å². The third kappa shape index (κ3) is 2.52. The van der Waals surface area contributed by atoms with Crippen LogP contribution in [-0.2, 0) is 7.05 Å². The van der Waals surface area contributed by atoms with E-state index in [1.54, 1.807) is 4.68 Å². The molecule has 5 nitrogen and oxygen atoms in total. The van der Waals surface area contributed by atoms with E-state index in [0.29, 0.717) is 12.5 Å². The first-order valence-corrected chi connectivity index (χ1v) is 6.97. The number of aryl methyl sites for hydroxylation is 2. The Balaban J connectivity index is 2.28. The fourth-order valence-corrected chi connectivity index (χ4v) is 2.97. The molecule has 2 atom stereocenters. The molecule has 106 valence electrons. The molecule has 1 aromatic rings. The maximum Gasteiger partial charge on any atom is 0.257 e. The van der Waals surface area contributed by atoms with E-state index in [1.165, 1.54) is 0 Å². The minimum Gasteiger partial charge on any atom is -0.334 e. The van der Waals surface area contributed by atoms with Crippen molar-refractivity contribution in [1.29, 1.82) is 0 Å². The quantitative estimate of drug-likeness (QED) is 0.874. The summed E-state index contributed by atoms with van der Waals surface area (Å²) in [5.74, 6) is 0.735. The zero-order valence-electron chi connectivity index (χ0n) is 12.3. The summed E-state index contributed by atoms with van der Waals surface area (Å²) < 4.78 is 1.77. The highest BCUT2D eigenvalue weighted by Crippen LogP contribution is 2.25. The van der Waals surface area contributed by atoms with E-state index >= 15 is 0 Å². The normalized spacial score (nSPS) is 23.7. The van der Waals surface area contributed by atoms with E-state index in [-0.39, 0.29) is 11.9 Å². The number of amides is 1. The van der Waals surface area contributed by atoms with Crippen molar-refractivity contribution >= 4 is 5.91 Å². The first-order valence-electron chi connectivity index (χ1n) is 6.97. The van der Waals surface area contributed by atoms with Crippen LogP contribution in [0.2, 0.25) is 0 Å². The molecule has 0 bridgehead atoms. The van der Waals surface area contributed by atoms with Crippen LogP contribution in [0.15, 0.2) is 0 Å². The van der Waals surface area contributed by atoms with Gasteiger partial charge in [-0.25, -0.2) is 0 Å². The standard InChI is InChI=1S/C14H24N4O/c1-9-5-6-18(12(7-9)8-15)14(19)13-10(2)16-17(4)11(13)3/h9,12H,5-8,15H2,1-4H3. The molecule has 0 radical (unpaired) electrons. The second kappa shape index (κ2) is 5.33. The summed E-state index contributed by atoms with van der Waals surface area (Å²) in [6.07, 6.45) is 2.06. The van der Waals surface area contributed by atoms with Gasteiger partial charge in [-0.3, -0.25) is 9.48 Å². The number of rotatable bonds is 2. The highest BCUT2D eigenvalue weighted by atomic mass is 16.2. The number of nitrogens with zero attached hydrogens (tertiary/aromatic N) is 3. The van der Waals surface area contributed by atoms with Crippen molar-refractivity contribution in [3.05, 3.63) is 17.0 Å². The monoisotopic (exact) mass is 264 g/mol. The van der Waals surface area contributed by atoms with Gasteiger partial charge < -0.3 is 10.6 Å². The van der Waals surface area contributed by atoms with Gasteiger partial charge in [-0.15, -0.1) is 0 Å². The number of carbonyl (C=O) groups is 1. The molecule has 1 aliphatic heterocycles. The predicted octanol–water partition coefficient (Wildman–Crippen LogP) is 1.24. The molecule has 1 amide bonds. The molecular weight excluding hydrogens is 240 g/mol. The topological polar surface area (TPSA) is 64.2 Å². The van der Waals surface area contributed by atoms with Crippen LogP contribution in [0.3, 0.4) is 0 Å². The number of hydrogen-bond donors (Lipinski definition) is 1. The molecule has 1 fully saturated rings. The Morgan fingerprint density at radius 3 is 2.68 bits per heavy atom. The van der Waals surface area contributed by atoms with E-state index in [2.05, 4.69) is 12.0 Å². The average Bonchev–Trinajstić information content (AvgIpc) is 2.62. The minimum atomic E-state index is 0.0884. The van der Waals surface area contributed by atoms with Gasteiger partial charge in [0.25, 0.3) is 5.91 Å². The summed E-state index contributed by atoms with van der Waals surface area (Å²) in [4.78, 5) is 14.7. The van der Waals surface area contributed by atoms with E-state index in [4.69, 9.17) is 5.73 Å². The minimum absolute atomic E-state index is 0.0884. The van der Waals surface area contributed by atoms with Crippen molar-refractivity contribution in [2.75, 3.05) is 13.1 Å². The van der Waals surface area contributed by atoms with Gasteiger partial charge >= 0.3 is 0 Å². The van der Waals surface area contributed by atoms with Crippen LogP contribution in [0.5, 0.6) is 0 Å². The predicted molar refractivity (Wildman–Crippen MR) is 75.0 cm³/mol. The lowest BCUT2D eigenvalue weighted by Gasteiger charge is -2.38. The fraction of sp³-hybridized carbons (Fsp3) is 0.714. The molecule has 2 unspecified atom stereocenters. The molecule has 19 heavy (non-hydrogen) atoms. The van der Waals surface area contributed by atoms with Gasteiger partial charge in [-0.2, -0.15) is 5.10 Å². The lowest BCUT2D eigenvalue weighted by atomic mass is 9.91. The van der Waals surface area contributed by atoms with Crippen molar-refractivity contribution in [3.63, 3.8) is 0 Å². The lowest BCUT2D eigenvalue weighted by molar-refractivity contribution is 0.0572. The van der Waals surface area contributed by atoms with Crippen LogP contribution in [-0.4, -0.2) is 39.7 Å². The number of carbonyl (C=O) groups excluding carboxylic acids is 1. The van der Waals surface area contributed by atoms with Crippen LogP contribution >= 0.6 is 0 Å². The molecule has 2 heterocycles. The molecule has 1 saturated heterocycles. The van der Waals surface area contributed by atoms with Gasteiger partial charge in [0, 0.05) is 31.9 Å². The second-order valence-electron chi connectivity index (χ2n) is 5.69. The number of nitrogens with two attached hydrogens (primary N) is 1. The smallest absolute Gasteiger partial charge is 0.257 e. The number of likely N-dealkylation sites (tertiary alicyclic amines) is 1. The van der Waals surface area contributed by atoms with Crippen LogP contribution < -0.4 is 5.73 Å². The molecule has 5 heteroatoms. The van der Waals surface area contributed by atoms with E-state index < -0.39 is 0 Å². The molecular formula is C14H24N4O. The van der Waals surface area contributed by atoms with Crippen molar-refractivity contribution in [2.24, 2.45) is 18.7 Å². The summed E-state index contributed by atoms with van der Waals surface area (Å²) in [6.45, 7) is 7.40. The maximum absolute atomic E-state index is 12.7. The Morgan fingerprint density at radius 1 is 1.47 bits per heavy atom. The van der Waals surface area contributed by atoms with Crippen molar-refractivity contribution in [2.45, 2.75) is 39.7 Å². The second-order valence-corrected chi connectivity index (χ2v) is 5.69. The van der Waals surface area contributed by atoms with Gasteiger partial charge in [-0.05, 0) is 32.6 Å². The van der Waals surface area contributed by atoms with Gasteiger partial charge in [0.05, 0.1) is 11.3 Å². The highest BCUT2D eigenvalue weighted by Gasteiger charge is 2.31. The van der Waals surface area contributed by atoms with Gasteiger partial charge in [0.15, 0.2) is 0 Å². The first-order chi connectivity index (χ1) is 8.95. The van der Waals surface area contributed by atoms with E-state index in [0.717, 1.165) is 36.3 Å². The largest absolute Gasteiger partial charge is 0.334 e. The summed E-state index contributed by atoms with van der Waals surface area (Å²) in [7, 11) is 1.87. The summed E-state index contributed by atoms with van der Waals surface area (Å²) >= 11 is 0. The summed E-state index contributed by atoms with van der Waals surface area (Å²) in [5.41, 5.74) is 8.32. The number of aromatic nitrogens is 2. The SMILES string of the molecule is Cc1nn(C)c(C)c1C(=O)N1CCC(C)CC1CN. The summed E-state index contributed by atoms with van der Waals surface area (Å²) in [5, 5.41) is 4.33. The molecule has 2 rings (SSSR count). The third-order valence-corrected chi connectivity index (χ3v) is 4.23. The zero-order chi connectivity index (χ0) is 14.2. The van der Waals surface area contributed by atoms with E-state index in [9.17, 15) is 4.79 Å². The van der Waals surface area contributed by atoms with Crippen molar-refractivity contribution in [1.82, 2.24) is 14.7 Å². The Hall–Kier alpha value is -1.36. The van der Waals surface area contributed by atoms with Gasteiger partial charge in [0.1, 0.15) is 0 Å². The average molecular weight is 264 g/mol. The molecule has 0 aliphatic carbocycles. The maximum atomic E-state index is 12.7. The fourth-order valence-electron chi connectivity index (χ4n) is 2.97.